The van der Waals surface area contributed by atoms with E-state index in [0.29, 0.717) is 30.0 Å². The quantitative estimate of drug-likeness (QED) is 0.334. The molecule has 5 nitrogen and oxygen atoms in total. The summed E-state index contributed by atoms with van der Waals surface area (Å²) in [7, 11) is 0. The molecule has 1 aliphatic heterocycles. The number of nitrogens with zero attached hydrogens (tertiary/aromatic N) is 3. The zero-order valence-electron chi connectivity index (χ0n) is 19.1. The van der Waals surface area contributed by atoms with Crippen LogP contribution in [0.1, 0.15) is 29.7 Å². The maximum atomic E-state index is 9.66. The molecule has 5 rings (SSSR count). The van der Waals surface area contributed by atoms with E-state index < -0.39 is 0 Å². The Bertz CT molecular complexity index is 1240. The minimum atomic E-state index is 0.348. The fourth-order valence-corrected chi connectivity index (χ4v) is 4.44. The van der Waals surface area contributed by atoms with E-state index in [1.54, 1.807) is 0 Å². The van der Waals surface area contributed by atoms with Gasteiger partial charge < -0.3 is 14.1 Å². The number of hydrogen-bond acceptors (Lipinski definition) is 5. The monoisotopic (exact) mass is 449 g/mol. The Morgan fingerprint density at radius 2 is 1.53 bits per heavy atom. The van der Waals surface area contributed by atoms with Crippen LogP contribution in [0.3, 0.4) is 0 Å². The lowest BCUT2D eigenvalue weighted by molar-refractivity contribution is 0.306. The molecule has 5 heteroatoms. The molecule has 4 aromatic rings. The van der Waals surface area contributed by atoms with Crippen molar-refractivity contribution in [1.82, 2.24) is 4.98 Å². The van der Waals surface area contributed by atoms with Gasteiger partial charge in [-0.3, -0.25) is 0 Å². The van der Waals surface area contributed by atoms with Crippen LogP contribution in [0.2, 0.25) is 0 Å². The molecule has 0 unspecified atom stereocenters. The highest BCUT2D eigenvalue weighted by molar-refractivity contribution is 5.60. The molecule has 0 bridgehead atoms. The molecule has 1 fully saturated rings. The topological polar surface area (TPSA) is 62.3 Å². The van der Waals surface area contributed by atoms with Crippen LogP contribution >= 0.6 is 0 Å². The summed E-state index contributed by atoms with van der Waals surface area (Å²) in [6.07, 6.45) is 3.24. The first-order valence-corrected chi connectivity index (χ1v) is 11.8. The lowest BCUT2D eigenvalue weighted by Crippen LogP contribution is -2.34. The van der Waals surface area contributed by atoms with Crippen LogP contribution in [-0.4, -0.2) is 18.1 Å². The van der Waals surface area contributed by atoms with Gasteiger partial charge in [0, 0.05) is 18.7 Å². The third kappa shape index (κ3) is 5.13. The molecular weight excluding hydrogens is 422 g/mol. The first-order valence-electron chi connectivity index (χ1n) is 11.8. The van der Waals surface area contributed by atoms with Gasteiger partial charge in [0.1, 0.15) is 18.4 Å². The normalized spacial score (nSPS) is 14.0. The fourth-order valence-electron chi connectivity index (χ4n) is 4.44. The summed E-state index contributed by atoms with van der Waals surface area (Å²) in [5.41, 5.74) is 3.68. The van der Waals surface area contributed by atoms with Gasteiger partial charge in [-0.2, -0.15) is 10.2 Å². The maximum absolute atomic E-state index is 9.66. The fraction of sp³-hybridized carbons (Fsp3) is 0.241. The molecule has 3 aromatic carbocycles. The van der Waals surface area contributed by atoms with E-state index >= 15 is 0 Å². The zero-order valence-corrected chi connectivity index (χ0v) is 19.1. The van der Waals surface area contributed by atoms with E-state index in [0.717, 1.165) is 49.2 Å². The largest absolute Gasteiger partial charge is 0.489 e. The van der Waals surface area contributed by atoms with E-state index in [2.05, 4.69) is 46.3 Å². The molecule has 0 radical (unpaired) electrons. The van der Waals surface area contributed by atoms with Crippen molar-refractivity contribution < 1.29 is 9.15 Å². The lowest BCUT2D eigenvalue weighted by Gasteiger charge is -2.31. The van der Waals surface area contributed by atoms with Gasteiger partial charge in [0.05, 0.1) is 0 Å². The van der Waals surface area contributed by atoms with Gasteiger partial charge in [0.25, 0.3) is 0 Å². The maximum Gasteiger partial charge on any atom is 0.235 e. The highest BCUT2D eigenvalue weighted by Gasteiger charge is 2.25. The minimum Gasteiger partial charge on any atom is -0.489 e. The van der Waals surface area contributed by atoms with Crippen LogP contribution < -0.4 is 9.64 Å². The van der Waals surface area contributed by atoms with Crippen molar-refractivity contribution in [2.75, 3.05) is 18.0 Å². The third-order valence-corrected chi connectivity index (χ3v) is 6.33. The van der Waals surface area contributed by atoms with Gasteiger partial charge >= 0.3 is 0 Å². The van der Waals surface area contributed by atoms with Crippen molar-refractivity contribution in [3.63, 3.8) is 0 Å². The number of piperidine rings is 1. The molecule has 170 valence electrons. The molecule has 1 saturated heterocycles. The van der Waals surface area contributed by atoms with Gasteiger partial charge in [0.2, 0.25) is 17.5 Å². The van der Waals surface area contributed by atoms with Crippen molar-refractivity contribution in [2.45, 2.75) is 25.9 Å². The van der Waals surface area contributed by atoms with Gasteiger partial charge in [-0.15, -0.1) is 0 Å². The number of oxazole rings is 1. The van der Waals surface area contributed by atoms with Crippen LogP contribution in [0.4, 0.5) is 5.88 Å². The highest BCUT2D eigenvalue weighted by atomic mass is 16.5. The van der Waals surface area contributed by atoms with Crippen molar-refractivity contribution in [3.05, 3.63) is 102 Å². The predicted molar refractivity (Wildman–Crippen MR) is 133 cm³/mol. The molecule has 0 aliphatic carbocycles. The van der Waals surface area contributed by atoms with Crippen LogP contribution in [0.15, 0.2) is 89.3 Å². The molecule has 2 heterocycles. The zero-order chi connectivity index (χ0) is 23.2. The van der Waals surface area contributed by atoms with Crippen molar-refractivity contribution in [1.29, 1.82) is 5.26 Å². The second-order valence-electron chi connectivity index (χ2n) is 8.70. The Morgan fingerprint density at radius 3 is 2.18 bits per heavy atom. The molecule has 34 heavy (non-hydrogen) atoms. The first kappa shape index (κ1) is 21.8. The van der Waals surface area contributed by atoms with Crippen molar-refractivity contribution >= 4 is 5.88 Å². The van der Waals surface area contributed by atoms with Crippen LogP contribution in [0, 0.1) is 17.2 Å². The molecule has 0 saturated carbocycles. The molecular formula is C29H27N3O2. The molecule has 1 aliphatic rings. The van der Waals surface area contributed by atoms with E-state index in [4.69, 9.17) is 9.15 Å². The molecule has 0 spiro atoms. The van der Waals surface area contributed by atoms with Crippen molar-refractivity contribution in [2.24, 2.45) is 5.92 Å². The smallest absolute Gasteiger partial charge is 0.235 e. The van der Waals surface area contributed by atoms with E-state index in [1.807, 2.05) is 54.6 Å². The highest BCUT2D eigenvalue weighted by Crippen LogP contribution is 2.32. The number of ether oxygens (including phenoxy) is 1. The van der Waals surface area contributed by atoms with Crippen LogP contribution in [-0.2, 0) is 13.0 Å². The molecule has 0 N–H and O–H groups in total. The molecule has 1 aromatic heterocycles. The number of hydrogen-bond donors (Lipinski definition) is 0. The SMILES string of the molecule is N#Cc1nc(-c2ccc(OCc3ccccc3)cc2)oc1N1CCC(Cc2ccccc2)CC1. The van der Waals surface area contributed by atoms with Gasteiger partial charge in [-0.05, 0) is 60.6 Å². The number of aromatic nitrogens is 1. The van der Waals surface area contributed by atoms with Crippen molar-refractivity contribution in [3.8, 4) is 23.3 Å². The van der Waals surface area contributed by atoms with Gasteiger partial charge in [-0.25, -0.2) is 0 Å². The summed E-state index contributed by atoms with van der Waals surface area (Å²) in [4.78, 5) is 6.63. The predicted octanol–water partition coefficient (Wildman–Crippen LogP) is 6.25. The summed E-state index contributed by atoms with van der Waals surface area (Å²) in [5, 5.41) is 9.66. The summed E-state index contributed by atoms with van der Waals surface area (Å²) in [6, 6.07) is 30.6. The third-order valence-electron chi connectivity index (χ3n) is 6.33. The number of anilines is 1. The lowest BCUT2D eigenvalue weighted by atomic mass is 9.90. The second kappa shape index (κ2) is 10.3. The average molecular weight is 450 g/mol. The minimum absolute atomic E-state index is 0.348. The van der Waals surface area contributed by atoms with E-state index in [1.165, 1.54) is 5.56 Å². The Kier molecular flexibility index (Phi) is 6.58. The summed E-state index contributed by atoms with van der Waals surface area (Å²) in [6.45, 7) is 2.25. The van der Waals surface area contributed by atoms with Crippen LogP contribution in [0.5, 0.6) is 5.75 Å². The number of rotatable bonds is 7. The van der Waals surface area contributed by atoms with Gasteiger partial charge in [-0.1, -0.05) is 60.7 Å². The summed E-state index contributed by atoms with van der Waals surface area (Å²) in [5.74, 6) is 2.48. The van der Waals surface area contributed by atoms with Gasteiger partial charge in [0.15, 0.2) is 0 Å². The number of nitriles is 1. The number of benzene rings is 3. The Hall–Kier alpha value is -4.04. The second-order valence-corrected chi connectivity index (χ2v) is 8.70. The standard InChI is InChI=1S/C29H27N3O2/c30-20-27-29(32-17-15-23(16-18-32)19-22-7-3-1-4-8-22)34-28(31-27)25-11-13-26(14-12-25)33-21-24-9-5-2-6-10-24/h1-14,23H,15-19,21H2. The Morgan fingerprint density at radius 1 is 0.882 bits per heavy atom. The Labute approximate surface area is 200 Å². The molecule has 0 amide bonds. The molecule has 0 atom stereocenters. The summed E-state index contributed by atoms with van der Waals surface area (Å²) < 4.78 is 12.0. The Balaban J connectivity index is 1.22. The average Bonchev–Trinajstić information content (AvgIpc) is 3.34. The van der Waals surface area contributed by atoms with E-state index in [9.17, 15) is 5.26 Å². The van der Waals surface area contributed by atoms with E-state index in [-0.39, 0.29) is 0 Å². The summed E-state index contributed by atoms with van der Waals surface area (Å²) >= 11 is 0. The van der Waals surface area contributed by atoms with Crippen LogP contribution in [0.25, 0.3) is 11.5 Å². The first-order chi connectivity index (χ1) is 16.8.